The van der Waals surface area contributed by atoms with Crippen molar-refractivity contribution in [3.8, 4) is 11.5 Å². The molecule has 1 fully saturated rings. The number of hydrogen-bond donors (Lipinski definition) is 0. The average molecular weight is 516 g/mol. The summed E-state index contributed by atoms with van der Waals surface area (Å²) in [7, 11) is 2.99. The molecule has 0 saturated carbocycles. The van der Waals surface area contributed by atoms with Crippen LogP contribution in [0.15, 0.2) is 42.6 Å². The maximum Gasteiger partial charge on any atom is 0.312 e. The van der Waals surface area contributed by atoms with Gasteiger partial charge in [0.05, 0.1) is 32.3 Å². The molecule has 0 amide bonds. The van der Waals surface area contributed by atoms with E-state index in [1.165, 1.54) is 26.3 Å². The number of nitrogens with zero attached hydrogens (tertiary/aromatic N) is 1. The number of carbonyl (C=O) groups excluding carboxylic acids is 3. The first-order valence-corrected chi connectivity index (χ1v) is 12.0. The monoisotopic (exact) mass is 515 g/mol. The number of hydrogen-bond acceptors (Lipinski definition) is 10. The lowest BCUT2D eigenvalue weighted by Gasteiger charge is -2.29. The number of Topliss-reactive ketones (excluding diaryl/α,β-unsaturated/α-hetero) is 1. The predicted octanol–water partition coefficient (Wildman–Crippen LogP) is 3.01. The van der Waals surface area contributed by atoms with Crippen LogP contribution in [0.3, 0.4) is 0 Å². The molecule has 1 aliphatic rings. The summed E-state index contributed by atoms with van der Waals surface area (Å²) in [6.07, 6.45) is 0.906. The van der Waals surface area contributed by atoms with Crippen LogP contribution in [0.5, 0.6) is 11.5 Å². The van der Waals surface area contributed by atoms with Crippen LogP contribution in [0.25, 0.3) is 0 Å². The van der Waals surface area contributed by atoms with Gasteiger partial charge in [-0.2, -0.15) is 0 Å². The van der Waals surface area contributed by atoms with Gasteiger partial charge in [0, 0.05) is 38.6 Å². The Kier molecular flexibility index (Phi) is 10.4. The van der Waals surface area contributed by atoms with Crippen LogP contribution < -0.4 is 9.47 Å². The van der Waals surface area contributed by atoms with E-state index in [0.29, 0.717) is 13.0 Å². The van der Waals surface area contributed by atoms with E-state index in [1.54, 1.807) is 14.0 Å². The van der Waals surface area contributed by atoms with Gasteiger partial charge in [-0.1, -0.05) is 30.3 Å². The molecule has 0 N–H and O–H groups in total. The Hall–Kier alpha value is -3.50. The Balaban J connectivity index is 1.75. The summed E-state index contributed by atoms with van der Waals surface area (Å²) >= 11 is 0. The normalized spacial score (nSPS) is 22.1. The molecule has 3 rings (SSSR count). The Morgan fingerprint density at radius 1 is 1.11 bits per heavy atom. The zero-order valence-electron chi connectivity index (χ0n) is 21.5. The molecule has 0 aliphatic carbocycles. The first-order chi connectivity index (χ1) is 17.8. The van der Waals surface area contributed by atoms with Crippen LogP contribution in [-0.2, 0) is 35.0 Å². The predicted molar refractivity (Wildman–Crippen MR) is 131 cm³/mol. The molecule has 1 aromatic carbocycles. The highest BCUT2D eigenvalue weighted by molar-refractivity contribution is 5.99. The number of esters is 2. The molecule has 1 aliphatic heterocycles. The number of ether oxygens (including phenoxy) is 6. The van der Waals surface area contributed by atoms with Crippen LogP contribution in [0.4, 0.5) is 0 Å². The number of ketones is 1. The smallest absolute Gasteiger partial charge is 0.312 e. The number of pyridine rings is 1. The van der Waals surface area contributed by atoms with E-state index in [9.17, 15) is 14.4 Å². The lowest BCUT2D eigenvalue weighted by molar-refractivity contribution is -0.161. The number of methoxy groups -OCH3 is 2. The fraction of sp³-hybridized carbons (Fsp3) is 0.481. The Morgan fingerprint density at radius 2 is 1.86 bits per heavy atom. The molecule has 0 unspecified atom stereocenters. The molecule has 200 valence electrons. The van der Waals surface area contributed by atoms with Gasteiger partial charge in [-0.05, 0) is 18.9 Å². The second-order valence-corrected chi connectivity index (χ2v) is 8.74. The minimum Gasteiger partial charge on any atom is -0.493 e. The van der Waals surface area contributed by atoms with Crippen LogP contribution >= 0.6 is 0 Å². The molecule has 0 radical (unpaired) electrons. The Morgan fingerprint density at radius 3 is 2.54 bits per heavy atom. The van der Waals surface area contributed by atoms with E-state index >= 15 is 0 Å². The van der Waals surface area contributed by atoms with E-state index in [1.807, 2.05) is 30.3 Å². The summed E-state index contributed by atoms with van der Waals surface area (Å²) < 4.78 is 32.9. The highest BCUT2D eigenvalue weighted by Crippen LogP contribution is 2.31. The van der Waals surface area contributed by atoms with E-state index in [4.69, 9.17) is 28.4 Å². The van der Waals surface area contributed by atoms with E-state index in [-0.39, 0.29) is 42.2 Å². The van der Waals surface area contributed by atoms with Gasteiger partial charge in [-0.3, -0.25) is 14.4 Å². The first kappa shape index (κ1) is 28.1. The zero-order valence-corrected chi connectivity index (χ0v) is 21.5. The third-order valence-electron chi connectivity index (χ3n) is 6.08. The fourth-order valence-electron chi connectivity index (χ4n) is 4.29. The van der Waals surface area contributed by atoms with Crippen molar-refractivity contribution in [3.63, 3.8) is 0 Å². The fourth-order valence-corrected chi connectivity index (χ4v) is 4.29. The maximum absolute atomic E-state index is 13.2. The highest BCUT2D eigenvalue weighted by Gasteiger charge is 2.36. The topological polar surface area (TPSA) is 119 Å². The second kappa shape index (κ2) is 13.7. The molecule has 1 aromatic heterocycles. The molecule has 37 heavy (non-hydrogen) atoms. The molecule has 10 nitrogen and oxygen atoms in total. The molecule has 1 saturated heterocycles. The lowest BCUT2D eigenvalue weighted by atomic mass is 9.92. The standard InChI is InChI=1S/C27H33NO9/c1-17-25(33-4)20(12-19-8-6-5-7-9-19)14-34-15-21(27(31)37-17)13-22(30)24-26(36-16-35-18(2)29)23(32-3)10-11-28-24/h5-11,17,20-21,25H,12-16H2,1-4H3/t17-,20-,21-,25-/m0/s1. The second-order valence-electron chi connectivity index (χ2n) is 8.74. The molecular formula is C27H33NO9. The zero-order chi connectivity index (χ0) is 26.8. The highest BCUT2D eigenvalue weighted by atomic mass is 16.7. The lowest BCUT2D eigenvalue weighted by Crippen LogP contribution is -2.39. The average Bonchev–Trinajstić information content (AvgIpc) is 2.93. The third-order valence-corrected chi connectivity index (χ3v) is 6.08. The van der Waals surface area contributed by atoms with Crippen LogP contribution in [0.1, 0.15) is 36.3 Å². The summed E-state index contributed by atoms with van der Waals surface area (Å²) in [6.45, 7) is 2.90. The number of cyclic esters (lactones) is 1. The maximum atomic E-state index is 13.2. The number of rotatable bonds is 10. The summed E-state index contributed by atoms with van der Waals surface area (Å²) in [5.41, 5.74) is 1.07. The molecule has 2 aromatic rings. The van der Waals surface area contributed by atoms with Crippen molar-refractivity contribution in [2.45, 2.75) is 38.9 Å². The minimum absolute atomic E-state index is 0.00732. The third kappa shape index (κ3) is 7.74. The summed E-state index contributed by atoms with van der Waals surface area (Å²) in [5.74, 6) is -2.26. The van der Waals surface area contributed by atoms with Crippen molar-refractivity contribution in [2.24, 2.45) is 11.8 Å². The minimum atomic E-state index is -0.864. The van der Waals surface area contributed by atoms with Crippen molar-refractivity contribution in [2.75, 3.05) is 34.2 Å². The number of aromatic nitrogens is 1. The molecule has 4 atom stereocenters. The van der Waals surface area contributed by atoms with Gasteiger partial charge >= 0.3 is 11.9 Å². The van der Waals surface area contributed by atoms with Gasteiger partial charge < -0.3 is 28.4 Å². The van der Waals surface area contributed by atoms with Gasteiger partial charge in [0.1, 0.15) is 6.10 Å². The first-order valence-electron chi connectivity index (χ1n) is 12.0. The SMILES string of the molecule is COc1ccnc(C(=O)C[C@H]2COC[C@H](Cc3ccccc3)[C@@H](OC)[C@H](C)OC2=O)c1OCOC(C)=O. The summed E-state index contributed by atoms with van der Waals surface area (Å²) in [4.78, 5) is 41.5. The van der Waals surface area contributed by atoms with E-state index in [0.717, 1.165) is 5.56 Å². The van der Waals surface area contributed by atoms with E-state index < -0.39 is 36.5 Å². The van der Waals surface area contributed by atoms with Crippen LogP contribution in [-0.4, -0.2) is 69.1 Å². The van der Waals surface area contributed by atoms with Crippen LogP contribution in [0, 0.1) is 11.8 Å². The largest absolute Gasteiger partial charge is 0.493 e. The molecule has 2 heterocycles. The van der Waals surface area contributed by atoms with Gasteiger partial charge in [0.2, 0.25) is 6.79 Å². The molecule has 0 spiro atoms. The summed E-state index contributed by atoms with van der Waals surface area (Å²) in [6, 6.07) is 11.5. The Labute approximate surface area is 216 Å². The van der Waals surface area contributed by atoms with Gasteiger partial charge in [-0.25, -0.2) is 4.98 Å². The summed E-state index contributed by atoms with van der Waals surface area (Å²) in [5, 5.41) is 0. The van der Waals surface area contributed by atoms with Crippen molar-refractivity contribution < 1.29 is 42.8 Å². The van der Waals surface area contributed by atoms with Crippen molar-refractivity contribution in [1.29, 1.82) is 0 Å². The Bertz CT molecular complexity index is 1060. The quantitative estimate of drug-likeness (QED) is 0.265. The number of carbonyl (C=O) groups is 3. The van der Waals surface area contributed by atoms with Gasteiger partial charge in [-0.15, -0.1) is 0 Å². The van der Waals surface area contributed by atoms with Gasteiger partial charge in [0.25, 0.3) is 0 Å². The molecule has 0 bridgehead atoms. The molecule has 10 heteroatoms. The van der Waals surface area contributed by atoms with E-state index in [2.05, 4.69) is 4.98 Å². The van der Waals surface area contributed by atoms with Crippen LogP contribution in [0.2, 0.25) is 0 Å². The molecular weight excluding hydrogens is 482 g/mol. The van der Waals surface area contributed by atoms with Crippen molar-refractivity contribution in [3.05, 3.63) is 53.9 Å². The number of benzene rings is 1. The van der Waals surface area contributed by atoms with Crippen molar-refractivity contribution in [1.82, 2.24) is 4.98 Å². The van der Waals surface area contributed by atoms with Gasteiger partial charge in [0.15, 0.2) is 23.0 Å². The van der Waals surface area contributed by atoms with Crippen molar-refractivity contribution >= 4 is 17.7 Å².